The highest BCUT2D eigenvalue weighted by molar-refractivity contribution is 5.83. The first-order valence-electron chi connectivity index (χ1n) is 4.89. The van der Waals surface area contributed by atoms with Crippen LogP contribution < -0.4 is 0 Å². The molecule has 0 aromatic heterocycles. The largest absolute Gasteiger partial charge is 0.436 e. The summed E-state index contributed by atoms with van der Waals surface area (Å²) in [6.07, 6.45) is 0.129. The Bertz CT molecular complexity index is 401. The molecular formula is C12H12O4. The Balaban J connectivity index is 2.51. The number of aliphatic hydroxyl groups is 1. The first-order chi connectivity index (χ1) is 7.71. The fraction of sp³-hybridized carbons (Fsp3) is 0.250. The summed E-state index contributed by atoms with van der Waals surface area (Å²) in [5.41, 5.74) is -0.909. The molecule has 1 saturated heterocycles. The molecule has 4 heteroatoms. The van der Waals surface area contributed by atoms with E-state index in [1.54, 1.807) is 24.3 Å². The first kappa shape index (κ1) is 10.9. The Hall–Kier alpha value is -1.65. The van der Waals surface area contributed by atoms with E-state index in [-0.39, 0.29) is 6.79 Å². The van der Waals surface area contributed by atoms with Gasteiger partial charge in [0.25, 0.3) is 0 Å². The predicted octanol–water partition coefficient (Wildman–Crippen LogP) is 0.960. The number of carbonyl (C=O) groups is 1. The van der Waals surface area contributed by atoms with Crippen molar-refractivity contribution in [2.45, 2.75) is 11.7 Å². The van der Waals surface area contributed by atoms with Gasteiger partial charge in [-0.15, -0.1) is 6.58 Å². The van der Waals surface area contributed by atoms with Crippen LogP contribution in [0.1, 0.15) is 5.56 Å². The van der Waals surface area contributed by atoms with Crippen LogP contribution in [0.2, 0.25) is 0 Å². The molecule has 2 rings (SSSR count). The summed E-state index contributed by atoms with van der Waals surface area (Å²) < 4.78 is 10.1. The second kappa shape index (κ2) is 4.08. The van der Waals surface area contributed by atoms with Gasteiger partial charge in [0.15, 0.2) is 6.79 Å². The molecule has 1 fully saturated rings. The Labute approximate surface area is 93.1 Å². The Morgan fingerprint density at radius 1 is 1.44 bits per heavy atom. The van der Waals surface area contributed by atoms with Gasteiger partial charge in [0.1, 0.15) is 6.10 Å². The molecule has 0 radical (unpaired) electrons. The fourth-order valence-corrected chi connectivity index (χ4v) is 1.77. The topological polar surface area (TPSA) is 55.8 Å². The van der Waals surface area contributed by atoms with Crippen molar-refractivity contribution < 1.29 is 19.4 Å². The van der Waals surface area contributed by atoms with Gasteiger partial charge in [0.05, 0.1) is 0 Å². The maximum atomic E-state index is 11.7. The van der Waals surface area contributed by atoms with Gasteiger partial charge in [-0.2, -0.15) is 0 Å². The van der Waals surface area contributed by atoms with Crippen LogP contribution in [-0.4, -0.2) is 24.0 Å². The number of benzene rings is 1. The Morgan fingerprint density at radius 2 is 2.12 bits per heavy atom. The highest BCUT2D eigenvalue weighted by Gasteiger charge is 2.52. The lowest BCUT2D eigenvalue weighted by molar-refractivity contribution is -0.150. The molecular weight excluding hydrogens is 208 g/mol. The van der Waals surface area contributed by atoms with Crippen molar-refractivity contribution in [2.75, 3.05) is 6.79 Å². The molecule has 0 bridgehead atoms. The maximum absolute atomic E-state index is 11.7. The van der Waals surface area contributed by atoms with E-state index < -0.39 is 17.7 Å². The van der Waals surface area contributed by atoms with Gasteiger partial charge >= 0.3 is 5.97 Å². The average Bonchev–Trinajstić information content (AvgIpc) is 2.72. The molecule has 1 aliphatic rings. The van der Waals surface area contributed by atoms with Gasteiger partial charge in [-0.1, -0.05) is 36.4 Å². The number of carbonyl (C=O) groups excluding carboxylic acids is 1. The molecule has 0 spiro atoms. The van der Waals surface area contributed by atoms with Crippen molar-refractivity contribution in [3.8, 4) is 0 Å². The lowest BCUT2D eigenvalue weighted by Gasteiger charge is -2.27. The molecule has 1 aromatic rings. The van der Waals surface area contributed by atoms with E-state index in [9.17, 15) is 9.90 Å². The van der Waals surface area contributed by atoms with Crippen LogP contribution in [0.5, 0.6) is 0 Å². The molecule has 4 nitrogen and oxygen atoms in total. The quantitative estimate of drug-likeness (QED) is 0.609. The van der Waals surface area contributed by atoms with Crippen LogP contribution in [0.4, 0.5) is 0 Å². The summed E-state index contributed by atoms with van der Waals surface area (Å²) in [6, 6.07) is 8.76. The van der Waals surface area contributed by atoms with Crippen molar-refractivity contribution in [1.82, 2.24) is 0 Å². The van der Waals surface area contributed by atoms with E-state index in [1.807, 2.05) is 6.07 Å². The van der Waals surface area contributed by atoms with E-state index in [2.05, 4.69) is 6.58 Å². The summed E-state index contributed by atoms with van der Waals surface area (Å²) in [6.45, 7) is 3.32. The summed E-state index contributed by atoms with van der Waals surface area (Å²) in [5, 5.41) is 9.89. The monoisotopic (exact) mass is 220 g/mol. The number of esters is 1. The van der Waals surface area contributed by atoms with E-state index in [0.717, 1.165) is 0 Å². The minimum atomic E-state index is -1.47. The second-order valence-electron chi connectivity index (χ2n) is 3.48. The van der Waals surface area contributed by atoms with Crippen molar-refractivity contribution in [3.05, 3.63) is 48.6 Å². The fourth-order valence-electron chi connectivity index (χ4n) is 1.77. The second-order valence-corrected chi connectivity index (χ2v) is 3.48. The number of cyclic esters (lactones) is 1. The van der Waals surface area contributed by atoms with Crippen LogP contribution in [0, 0.1) is 0 Å². The van der Waals surface area contributed by atoms with Crippen LogP contribution in [0.25, 0.3) is 0 Å². The number of hydrogen-bond donors (Lipinski definition) is 1. The van der Waals surface area contributed by atoms with E-state index in [1.165, 1.54) is 6.08 Å². The van der Waals surface area contributed by atoms with Crippen LogP contribution in [0.15, 0.2) is 43.0 Å². The zero-order valence-electron chi connectivity index (χ0n) is 8.63. The lowest BCUT2D eigenvalue weighted by Crippen LogP contribution is -2.44. The van der Waals surface area contributed by atoms with Crippen LogP contribution in [0.3, 0.4) is 0 Å². The third kappa shape index (κ3) is 1.43. The summed E-state index contributed by atoms with van der Waals surface area (Å²) in [4.78, 5) is 11.7. The van der Waals surface area contributed by atoms with Gasteiger partial charge in [0, 0.05) is 0 Å². The molecule has 1 heterocycles. The number of ether oxygens (including phenoxy) is 2. The van der Waals surface area contributed by atoms with Gasteiger partial charge < -0.3 is 14.6 Å². The molecule has 0 aliphatic carbocycles. The summed E-state index contributed by atoms with van der Waals surface area (Å²) >= 11 is 0. The molecule has 16 heavy (non-hydrogen) atoms. The number of rotatable bonds is 3. The summed E-state index contributed by atoms with van der Waals surface area (Å²) in [7, 11) is 0. The third-order valence-electron chi connectivity index (χ3n) is 2.62. The Kier molecular flexibility index (Phi) is 2.77. The number of aliphatic hydroxyl groups excluding tert-OH is 1. The Morgan fingerprint density at radius 3 is 2.62 bits per heavy atom. The molecule has 0 saturated carbocycles. The van der Waals surface area contributed by atoms with Gasteiger partial charge in [-0.25, -0.2) is 4.79 Å². The minimum Gasteiger partial charge on any atom is -0.436 e. The molecule has 1 aliphatic heterocycles. The molecule has 1 N–H and O–H groups in total. The SMILES string of the molecule is C=CC(O)C1(c2ccccc2)OCOC1=O. The lowest BCUT2D eigenvalue weighted by atomic mass is 9.88. The zero-order chi connectivity index (χ0) is 11.6. The third-order valence-corrected chi connectivity index (χ3v) is 2.62. The van der Waals surface area contributed by atoms with Gasteiger partial charge in [-0.05, 0) is 5.56 Å². The molecule has 84 valence electrons. The molecule has 2 unspecified atom stereocenters. The summed E-state index contributed by atoms with van der Waals surface area (Å²) in [5.74, 6) is -0.592. The van der Waals surface area contributed by atoms with E-state index in [4.69, 9.17) is 9.47 Å². The molecule has 2 atom stereocenters. The standard InChI is InChI=1S/C12H12O4/c1-2-10(13)12(11(14)15-8-16-12)9-6-4-3-5-7-9/h2-7,10,13H,1,8H2. The minimum absolute atomic E-state index is 0.154. The van der Waals surface area contributed by atoms with E-state index >= 15 is 0 Å². The predicted molar refractivity (Wildman–Crippen MR) is 56.4 cm³/mol. The molecule has 1 aromatic carbocycles. The number of hydrogen-bond acceptors (Lipinski definition) is 4. The van der Waals surface area contributed by atoms with Crippen LogP contribution >= 0.6 is 0 Å². The van der Waals surface area contributed by atoms with Crippen LogP contribution in [-0.2, 0) is 19.9 Å². The normalized spacial score (nSPS) is 26.2. The highest BCUT2D eigenvalue weighted by atomic mass is 16.7. The van der Waals surface area contributed by atoms with Crippen molar-refractivity contribution in [2.24, 2.45) is 0 Å². The maximum Gasteiger partial charge on any atom is 0.348 e. The van der Waals surface area contributed by atoms with E-state index in [0.29, 0.717) is 5.56 Å². The van der Waals surface area contributed by atoms with Crippen molar-refractivity contribution >= 4 is 5.97 Å². The van der Waals surface area contributed by atoms with Crippen molar-refractivity contribution in [1.29, 1.82) is 0 Å². The van der Waals surface area contributed by atoms with Gasteiger partial charge in [0.2, 0.25) is 5.60 Å². The van der Waals surface area contributed by atoms with Crippen molar-refractivity contribution in [3.63, 3.8) is 0 Å². The zero-order valence-corrected chi connectivity index (χ0v) is 8.63. The first-order valence-corrected chi connectivity index (χ1v) is 4.89. The average molecular weight is 220 g/mol. The van der Waals surface area contributed by atoms with Gasteiger partial charge in [-0.3, -0.25) is 0 Å². The highest BCUT2D eigenvalue weighted by Crippen LogP contribution is 2.35. The molecule has 0 amide bonds. The smallest absolute Gasteiger partial charge is 0.348 e.